The Balaban J connectivity index is 4.01. The molecule has 0 unspecified atom stereocenters. The molecule has 3 N–H and O–H groups in total. The van der Waals surface area contributed by atoms with Crippen LogP contribution in [0.3, 0.4) is 0 Å². The molecule has 11 heavy (non-hydrogen) atoms. The summed E-state index contributed by atoms with van der Waals surface area (Å²) in [6.45, 7) is 1.42. The van der Waals surface area contributed by atoms with Crippen LogP contribution in [0.1, 0.15) is 19.8 Å². The quantitative estimate of drug-likeness (QED) is 0.283. The van der Waals surface area contributed by atoms with Crippen molar-refractivity contribution < 1.29 is 8.78 Å². The lowest BCUT2D eigenvalue weighted by Crippen LogP contribution is -2.35. The van der Waals surface area contributed by atoms with Crippen molar-refractivity contribution in [1.29, 1.82) is 0 Å². The molecule has 0 aromatic carbocycles. The molecule has 0 aliphatic rings. The van der Waals surface area contributed by atoms with E-state index in [1.807, 2.05) is 0 Å². The molecule has 0 atom stereocenters. The average molecular weight is 165 g/mol. The van der Waals surface area contributed by atoms with Crippen LogP contribution in [0.25, 0.3) is 0 Å². The maximum absolute atomic E-state index is 12.6. The third-order valence-electron chi connectivity index (χ3n) is 1.38. The Labute approximate surface area is 64.7 Å². The van der Waals surface area contributed by atoms with E-state index in [1.54, 1.807) is 0 Å². The molecule has 5 heteroatoms. The number of aliphatic imine (C=N–C) groups is 1. The second-order valence-corrected chi connectivity index (χ2v) is 2.20. The summed E-state index contributed by atoms with van der Waals surface area (Å²) < 4.78 is 25.2. The van der Waals surface area contributed by atoms with Crippen LogP contribution in [0.2, 0.25) is 0 Å². The van der Waals surface area contributed by atoms with Crippen molar-refractivity contribution in [2.24, 2.45) is 10.8 Å². The van der Waals surface area contributed by atoms with Gasteiger partial charge in [-0.25, -0.2) is 14.6 Å². The van der Waals surface area contributed by atoms with E-state index in [-0.39, 0.29) is 12.3 Å². The molecule has 0 rings (SSSR count). The van der Waals surface area contributed by atoms with Crippen molar-refractivity contribution in [3.8, 4) is 0 Å². The minimum atomic E-state index is -2.71. The van der Waals surface area contributed by atoms with E-state index in [1.165, 1.54) is 14.0 Å². The van der Waals surface area contributed by atoms with Crippen LogP contribution in [0.4, 0.5) is 8.78 Å². The maximum atomic E-state index is 12.6. The molecule has 0 aliphatic heterocycles. The van der Waals surface area contributed by atoms with Crippen molar-refractivity contribution in [2.45, 2.75) is 25.7 Å². The second kappa shape index (κ2) is 4.23. The number of nitrogens with one attached hydrogen (secondary N) is 1. The molecule has 0 saturated carbocycles. The van der Waals surface area contributed by atoms with Gasteiger partial charge in [-0.2, -0.15) is 0 Å². The zero-order valence-corrected chi connectivity index (χ0v) is 6.69. The van der Waals surface area contributed by atoms with Crippen molar-refractivity contribution >= 4 is 5.84 Å². The highest BCUT2D eigenvalue weighted by atomic mass is 19.3. The van der Waals surface area contributed by atoms with E-state index < -0.39 is 12.3 Å². The molecule has 0 saturated heterocycles. The van der Waals surface area contributed by atoms with E-state index in [2.05, 4.69) is 10.4 Å². The molecule has 0 aliphatic carbocycles. The number of nitrogens with two attached hydrogens (primary N) is 1. The highest BCUT2D eigenvalue weighted by Gasteiger charge is 2.27. The predicted octanol–water partition coefficient (Wildman–Crippen LogP) is 0.913. The smallest absolute Gasteiger partial charge is 0.254 e. The molecular formula is C6H13F2N3. The Morgan fingerprint density at radius 1 is 1.64 bits per heavy atom. The number of amidine groups is 1. The maximum Gasteiger partial charge on any atom is 0.254 e. The number of hydrogen-bond acceptors (Lipinski definition) is 2. The van der Waals surface area contributed by atoms with E-state index in [0.29, 0.717) is 0 Å². The van der Waals surface area contributed by atoms with Crippen LogP contribution in [-0.2, 0) is 0 Å². The minimum absolute atomic E-state index is 0.122. The van der Waals surface area contributed by atoms with Gasteiger partial charge in [0.2, 0.25) is 0 Å². The summed E-state index contributed by atoms with van der Waals surface area (Å²) in [6.07, 6.45) is -0.621. The summed E-state index contributed by atoms with van der Waals surface area (Å²) in [5.41, 5.74) is 2.11. The van der Waals surface area contributed by atoms with Gasteiger partial charge in [0.25, 0.3) is 5.92 Å². The first-order valence-corrected chi connectivity index (χ1v) is 3.36. The van der Waals surface area contributed by atoms with Gasteiger partial charge in [-0.3, -0.25) is 4.99 Å². The van der Waals surface area contributed by atoms with Crippen LogP contribution >= 0.6 is 0 Å². The van der Waals surface area contributed by atoms with Gasteiger partial charge in [0.15, 0.2) is 0 Å². The normalized spacial score (nSPS) is 13.4. The molecule has 0 heterocycles. The van der Waals surface area contributed by atoms with Gasteiger partial charge in [-0.1, -0.05) is 6.92 Å². The molecule has 0 aromatic rings. The number of nitrogens with zero attached hydrogens (tertiary/aromatic N) is 1. The van der Waals surface area contributed by atoms with Gasteiger partial charge in [0.1, 0.15) is 5.84 Å². The third-order valence-corrected chi connectivity index (χ3v) is 1.38. The van der Waals surface area contributed by atoms with Crippen molar-refractivity contribution in [2.75, 3.05) is 7.05 Å². The van der Waals surface area contributed by atoms with Crippen LogP contribution in [0.5, 0.6) is 0 Å². The average Bonchev–Trinajstić information content (AvgIpc) is 2.00. The van der Waals surface area contributed by atoms with E-state index in [9.17, 15) is 8.78 Å². The van der Waals surface area contributed by atoms with Gasteiger partial charge in [0, 0.05) is 13.5 Å². The third kappa shape index (κ3) is 3.87. The summed E-state index contributed by atoms with van der Waals surface area (Å²) in [5, 5.41) is 0. The van der Waals surface area contributed by atoms with E-state index in [4.69, 9.17) is 5.84 Å². The largest absolute Gasteiger partial charge is 0.312 e. The molecular weight excluding hydrogens is 152 g/mol. The first-order chi connectivity index (χ1) is 5.05. The first-order valence-electron chi connectivity index (χ1n) is 3.36. The number of rotatable bonds is 3. The molecule has 0 amide bonds. The Kier molecular flexibility index (Phi) is 3.95. The van der Waals surface area contributed by atoms with Gasteiger partial charge < -0.3 is 5.43 Å². The zero-order chi connectivity index (χ0) is 8.91. The molecule has 0 bridgehead atoms. The lowest BCUT2D eigenvalue weighted by molar-refractivity contribution is 0.00442. The SMILES string of the molecule is CCC(F)(F)CC(=NC)NN. The first kappa shape index (κ1) is 10.3. The van der Waals surface area contributed by atoms with Crippen LogP contribution < -0.4 is 11.3 Å². The fraction of sp³-hybridized carbons (Fsp3) is 0.833. The fourth-order valence-electron chi connectivity index (χ4n) is 0.565. The molecule has 0 spiro atoms. The van der Waals surface area contributed by atoms with Gasteiger partial charge >= 0.3 is 0 Å². The summed E-state index contributed by atoms with van der Waals surface area (Å²) in [6, 6.07) is 0. The molecule has 66 valence electrons. The molecule has 0 radical (unpaired) electrons. The van der Waals surface area contributed by atoms with Crippen molar-refractivity contribution in [3.05, 3.63) is 0 Å². The number of halogens is 2. The minimum Gasteiger partial charge on any atom is -0.312 e. The molecule has 3 nitrogen and oxygen atoms in total. The Morgan fingerprint density at radius 2 is 2.18 bits per heavy atom. The van der Waals surface area contributed by atoms with Gasteiger partial charge in [-0.05, 0) is 0 Å². The molecule has 0 aromatic heterocycles. The number of hydrogen-bond donors (Lipinski definition) is 2. The topological polar surface area (TPSA) is 50.4 Å². The lowest BCUT2D eigenvalue weighted by Gasteiger charge is -2.14. The summed E-state index contributed by atoms with van der Waals surface area (Å²) in [4.78, 5) is 3.54. The standard InChI is InChI=1S/C6H13F2N3/c1-3-6(7,8)4-5(10-2)11-9/h3-4,9H2,1-2H3,(H,10,11). The summed E-state index contributed by atoms with van der Waals surface area (Å²) in [7, 11) is 1.42. The van der Waals surface area contributed by atoms with Crippen molar-refractivity contribution in [1.82, 2.24) is 5.43 Å². The monoisotopic (exact) mass is 165 g/mol. The second-order valence-electron chi connectivity index (χ2n) is 2.20. The Hall–Kier alpha value is -0.710. The molecule has 0 fully saturated rings. The van der Waals surface area contributed by atoms with Crippen LogP contribution in [0.15, 0.2) is 4.99 Å². The summed E-state index contributed by atoms with van der Waals surface area (Å²) >= 11 is 0. The van der Waals surface area contributed by atoms with E-state index in [0.717, 1.165) is 0 Å². The number of alkyl halides is 2. The zero-order valence-electron chi connectivity index (χ0n) is 6.69. The fourth-order valence-corrected chi connectivity index (χ4v) is 0.565. The van der Waals surface area contributed by atoms with Crippen LogP contribution in [0, 0.1) is 0 Å². The highest BCUT2D eigenvalue weighted by molar-refractivity contribution is 5.82. The van der Waals surface area contributed by atoms with Crippen molar-refractivity contribution in [3.63, 3.8) is 0 Å². The predicted molar refractivity (Wildman–Crippen MR) is 40.5 cm³/mol. The Morgan fingerprint density at radius 3 is 2.45 bits per heavy atom. The number of hydrazine groups is 1. The lowest BCUT2D eigenvalue weighted by atomic mass is 10.2. The Bertz CT molecular complexity index is 145. The van der Waals surface area contributed by atoms with Gasteiger partial charge in [0.05, 0.1) is 6.42 Å². The van der Waals surface area contributed by atoms with Gasteiger partial charge in [-0.15, -0.1) is 0 Å². The van der Waals surface area contributed by atoms with Crippen LogP contribution in [-0.4, -0.2) is 18.8 Å². The summed E-state index contributed by atoms with van der Waals surface area (Å²) in [5.74, 6) is 2.35. The highest BCUT2D eigenvalue weighted by Crippen LogP contribution is 2.21. The van der Waals surface area contributed by atoms with E-state index >= 15 is 0 Å².